The molecule has 4 aromatic rings. The standard InChI is InChI=1S/C25H29N5O3/c1-16(2)12-13-28-23(32)20-11-10-19(22(31)26-17(3)4)14-21(20)30-24(28)27-29(25(30)33)15-18-8-6-5-7-9-18/h5-11,14,16-17H,12-13,15H2,1-4H3,(H,26,31). The summed E-state index contributed by atoms with van der Waals surface area (Å²) in [6, 6.07) is 14.4. The van der Waals surface area contributed by atoms with E-state index in [9.17, 15) is 14.4 Å². The van der Waals surface area contributed by atoms with Gasteiger partial charge in [-0.25, -0.2) is 13.9 Å². The molecule has 33 heavy (non-hydrogen) atoms. The van der Waals surface area contributed by atoms with Crippen LogP contribution in [0, 0.1) is 5.92 Å². The van der Waals surface area contributed by atoms with E-state index in [0.29, 0.717) is 28.9 Å². The lowest BCUT2D eigenvalue weighted by molar-refractivity contribution is 0.0943. The number of hydrogen-bond donors (Lipinski definition) is 1. The molecule has 8 nitrogen and oxygen atoms in total. The van der Waals surface area contributed by atoms with E-state index in [1.807, 2.05) is 44.2 Å². The number of hydrogen-bond acceptors (Lipinski definition) is 4. The summed E-state index contributed by atoms with van der Waals surface area (Å²) in [5.41, 5.74) is 1.14. The average Bonchev–Trinajstić information content (AvgIpc) is 3.09. The van der Waals surface area contributed by atoms with Crippen LogP contribution in [-0.4, -0.2) is 30.7 Å². The summed E-state index contributed by atoms with van der Waals surface area (Å²) < 4.78 is 4.39. The summed E-state index contributed by atoms with van der Waals surface area (Å²) in [7, 11) is 0. The third kappa shape index (κ3) is 4.46. The fourth-order valence-corrected chi connectivity index (χ4v) is 3.85. The van der Waals surface area contributed by atoms with E-state index in [4.69, 9.17) is 0 Å². The van der Waals surface area contributed by atoms with Gasteiger partial charge in [-0.15, -0.1) is 5.10 Å². The van der Waals surface area contributed by atoms with Crippen molar-refractivity contribution in [1.29, 1.82) is 0 Å². The van der Waals surface area contributed by atoms with Gasteiger partial charge in [0.1, 0.15) is 0 Å². The van der Waals surface area contributed by atoms with E-state index in [0.717, 1.165) is 12.0 Å². The highest BCUT2D eigenvalue weighted by Crippen LogP contribution is 2.16. The monoisotopic (exact) mass is 447 g/mol. The molecule has 2 heterocycles. The van der Waals surface area contributed by atoms with Crippen molar-refractivity contribution < 1.29 is 4.79 Å². The van der Waals surface area contributed by atoms with Crippen molar-refractivity contribution in [3.63, 3.8) is 0 Å². The van der Waals surface area contributed by atoms with Crippen LogP contribution < -0.4 is 16.6 Å². The second kappa shape index (κ2) is 9.05. The number of rotatable bonds is 7. The number of nitrogens with zero attached hydrogens (tertiary/aromatic N) is 4. The number of nitrogens with one attached hydrogen (secondary N) is 1. The Bertz CT molecular complexity index is 1430. The highest BCUT2D eigenvalue weighted by molar-refractivity contribution is 5.98. The van der Waals surface area contributed by atoms with Gasteiger partial charge in [-0.2, -0.15) is 0 Å². The van der Waals surface area contributed by atoms with Crippen molar-refractivity contribution in [3.05, 3.63) is 80.5 Å². The van der Waals surface area contributed by atoms with E-state index < -0.39 is 0 Å². The van der Waals surface area contributed by atoms with Crippen molar-refractivity contribution in [2.75, 3.05) is 0 Å². The Morgan fingerprint density at radius 3 is 2.42 bits per heavy atom. The lowest BCUT2D eigenvalue weighted by atomic mass is 10.1. The SMILES string of the molecule is CC(C)CCn1c(=O)c2ccc(C(=O)NC(C)C)cc2n2c(=O)n(Cc3ccccc3)nc12. The van der Waals surface area contributed by atoms with Gasteiger partial charge in [-0.1, -0.05) is 44.2 Å². The van der Waals surface area contributed by atoms with Gasteiger partial charge in [-0.3, -0.25) is 14.2 Å². The van der Waals surface area contributed by atoms with E-state index >= 15 is 0 Å². The summed E-state index contributed by atoms with van der Waals surface area (Å²) in [6.07, 6.45) is 0.773. The van der Waals surface area contributed by atoms with Crippen molar-refractivity contribution >= 4 is 22.6 Å². The Morgan fingerprint density at radius 1 is 1.03 bits per heavy atom. The Labute approximate surface area is 191 Å². The quantitative estimate of drug-likeness (QED) is 0.472. The summed E-state index contributed by atoms with van der Waals surface area (Å²) in [5.74, 6) is 0.414. The zero-order valence-electron chi connectivity index (χ0n) is 19.4. The van der Waals surface area contributed by atoms with Gasteiger partial charge in [0.25, 0.3) is 11.5 Å². The van der Waals surface area contributed by atoms with Gasteiger partial charge in [0.05, 0.1) is 17.4 Å². The minimum Gasteiger partial charge on any atom is -0.350 e. The van der Waals surface area contributed by atoms with E-state index in [-0.39, 0.29) is 35.5 Å². The largest absolute Gasteiger partial charge is 0.352 e. The maximum atomic E-state index is 13.5. The van der Waals surface area contributed by atoms with Crippen LogP contribution in [0.15, 0.2) is 58.1 Å². The van der Waals surface area contributed by atoms with Crippen LogP contribution >= 0.6 is 0 Å². The minimum absolute atomic E-state index is 0.0337. The van der Waals surface area contributed by atoms with Crippen LogP contribution in [0.5, 0.6) is 0 Å². The van der Waals surface area contributed by atoms with Crippen LogP contribution in [0.1, 0.15) is 50.0 Å². The zero-order valence-corrected chi connectivity index (χ0v) is 19.4. The number of amides is 1. The molecule has 4 rings (SSSR count). The molecule has 0 saturated heterocycles. The van der Waals surface area contributed by atoms with Gasteiger partial charge in [0, 0.05) is 18.2 Å². The maximum Gasteiger partial charge on any atom is 0.352 e. The molecule has 8 heteroatoms. The molecule has 0 saturated carbocycles. The lowest BCUT2D eigenvalue weighted by Crippen LogP contribution is -2.30. The summed E-state index contributed by atoms with van der Waals surface area (Å²) in [6.45, 7) is 8.67. The van der Waals surface area contributed by atoms with Crippen LogP contribution in [-0.2, 0) is 13.1 Å². The van der Waals surface area contributed by atoms with E-state index in [2.05, 4.69) is 24.3 Å². The summed E-state index contributed by atoms with van der Waals surface area (Å²) in [4.78, 5) is 39.4. The van der Waals surface area contributed by atoms with Crippen LogP contribution in [0.3, 0.4) is 0 Å². The van der Waals surface area contributed by atoms with Gasteiger partial charge >= 0.3 is 5.69 Å². The zero-order chi connectivity index (χ0) is 23.7. The van der Waals surface area contributed by atoms with Crippen molar-refractivity contribution in [2.45, 2.75) is 53.2 Å². The molecule has 172 valence electrons. The Kier molecular flexibility index (Phi) is 6.18. The first-order valence-electron chi connectivity index (χ1n) is 11.3. The highest BCUT2D eigenvalue weighted by Gasteiger charge is 2.19. The Hall–Kier alpha value is -3.68. The first-order chi connectivity index (χ1) is 15.8. The minimum atomic E-state index is -0.349. The topological polar surface area (TPSA) is 90.4 Å². The summed E-state index contributed by atoms with van der Waals surface area (Å²) in [5, 5.41) is 7.78. The molecule has 0 aliphatic rings. The number of aromatic nitrogens is 4. The maximum absolute atomic E-state index is 13.5. The molecule has 0 aliphatic heterocycles. The molecule has 0 bridgehead atoms. The summed E-state index contributed by atoms with van der Waals surface area (Å²) >= 11 is 0. The Morgan fingerprint density at radius 2 is 1.76 bits per heavy atom. The van der Waals surface area contributed by atoms with Gasteiger partial charge in [0.2, 0.25) is 5.78 Å². The van der Waals surface area contributed by atoms with Gasteiger partial charge < -0.3 is 5.32 Å². The molecule has 1 amide bonds. The first-order valence-corrected chi connectivity index (χ1v) is 11.3. The van der Waals surface area contributed by atoms with E-state index in [1.165, 1.54) is 9.08 Å². The fourth-order valence-electron chi connectivity index (χ4n) is 3.85. The Balaban J connectivity index is 1.97. The fraction of sp³-hybridized carbons (Fsp3) is 0.360. The molecular weight excluding hydrogens is 418 g/mol. The smallest absolute Gasteiger partial charge is 0.350 e. The first kappa shape index (κ1) is 22.5. The van der Waals surface area contributed by atoms with Crippen LogP contribution in [0.4, 0.5) is 0 Å². The predicted molar refractivity (Wildman–Crippen MR) is 129 cm³/mol. The number of carbonyl (C=O) groups excluding carboxylic acids is 1. The highest BCUT2D eigenvalue weighted by atomic mass is 16.2. The van der Waals surface area contributed by atoms with Crippen molar-refractivity contribution in [2.24, 2.45) is 5.92 Å². The molecule has 0 spiro atoms. The normalized spacial score (nSPS) is 11.7. The molecule has 0 radical (unpaired) electrons. The second-order valence-corrected chi connectivity index (χ2v) is 9.06. The molecule has 0 unspecified atom stereocenters. The number of carbonyl (C=O) groups is 1. The van der Waals surface area contributed by atoms with E-state index in [1.54, 1.807) is 22.8 Å². The van der Waals surface area contributed by atoms with Crippen LogP contribution in [0.2, 0.25) is 0 Å². The molecule has 0 fully saturated rings. The van der Waals surface area contributed by atoms with Gasteiger partial charge in [-0.05, 0) is 49.9 Å². The molecule has 0 aliphatic carbocycles. The molecule has 2 aromatic heterocycles. The van der Waals surface area contributed by atoms with Gasteiger partial charge in [0.15, 0.2) is 0 Å². The number of benzene rings is 2. The number of aryl methyl sites for hydroxylation is 1. The average molecular weight is 448 g/mol. The van der Waals surface area contributed by atoms with Crippen LogP contribution in [0.25, 0.3) is 16.7 Å². The van der Waals surface area contributed by atoms with Crippen molar-refractivity contribution in [3.8, 4) is 0 Å². The molecule has 0 atom stereocenters. The lowest BCUT2D eigenvalue weighted by Gasteiger charge is -2.12. The third-order valence-corrected chi connectivity index (χ3v) is 5.57. The third-order valence-electron chi connectivity index (χ3n) is 5.57. The predicted octanol–water partition coefficient (Wildman–Crippen LogP) is 3.04. The molecule has 2 aromatic carbocycles. The number of fused-ring (bicyclic) bond motifs is 3. The van der Waals surface area contributed by atoms with Crippen molar-refractivity contribution in [1.82, 2.24) is 24.1 Å². The molecule has 1 N–H and O–H groups in total. The molecular formula is C25H29N5O3. The second-order valence-electron chi connectivity index (χ2n) is 9.06.